The standard InChI is InChI=1S/C22H28N4O/c1-3-13-26-21(24-19-9-7-12-23-22(19)26)18-11-14-25(16-18)15-17-8-5-6-10-20(17)27-4-2/h5-10,12,18H,3-4,11,13-16H2,1-2H3/t18-/m0/s1. The second-order valence-electron chi connectivity index (χ2n) is 7.23. The smallest absolute Gasteiger partial charge is 0.159 e. The fourth-order valence-electron chi connectivity index (χ4n) is 4.09. The van der Waals surface area contributed by atoms with Gasteiger partial charge in [0.2, 0.25) is 0 Å². The number of fused-ring (bicyclic) bond motifs is 1. The molecule has 142 valence electrons. The Hall–Kier alpha value is -2.40. The topological polar surface area (TPSA) is 43.2 Å². The number of imidazole rings is 1. The van der Waals surface area contributed by atoms with Gasteiger partial charge in [0.05, 0.1) is 6.61 Å². The second kappa shape index (κ2) is 8.09. The van der Waals surface area contributed by atoms with E-state index in [1.165, 1.54) is 11.4 Å². The molecule has 4 rings (SSSR count). The Morgan fingerprint density at radius 1 is 1.15 bits per heavy atom. The lowest BCUT2D eigenvalue weighted by molar-refractivity contribution is 0.301. The van der Waals surface area contributed by atoms with Crippen molar-refractivity contribution in [3.05, 3.63) is 54.0 Å². The summed E-state index contributed by atoms with van der Waals surface area (Å²) in [6.45, 7) is 8.99. The average Bonchev–Trinajstić information content (AvgIpc) is 3.29. The van der Waals surface area contributed by atoms with Crippen LogP contribution >= 0.6 is 0 Å². The van der Waals surface area contributed by atoms with E-state index in [1.807, 2.05) is 25.3 Å². The van der Waals surface area contributed by atoms with Crippen molar-refractivity contribution in [2.45, 2.75) is 45.7 Å². The van der Waals surface area contributed by atoms with Gasteiger partial charge in [-0.1, -0.05) is 25.1 Å². The van der Waals surface area contributed by atoms with Gasteiger partial charge in [-0.2, -0.15) is 0 Å². The van der Waals surface area contributed by atoms with Crippen LogP contribution in [0.2, 0.25) is 0 Å². The van der Waals surface area contributed by atoms with E-state index >= 15 is 0 Å². The first-order chi connectivity index (χ1) is 13.3. The minimum Gasteiger partial charge on any atom is -0.494 e. The number of aromatic nitrogens is 3. The van der Waals surface area contributed by atoms with E-state index in [0.717, 1.165) is 55.9 Å². The van der Waals surface area contributed by atoms with Gasteiger partial charge in [0, 0.05) is 37.3 Å². The Labute approximate surface area is 161 Å². The number of hydrogen-bond acceptors (Lipinski definition) is 4. The molecular weight excluding hydrogens is 336 g/mol. The van der Waals surface area contributed by atoms with Crippen LogP contribution in [0.15, 0.2) is 42.6 Å². The molecule has 0 bridgehead atoms. The van der Waals surface area contributed by atoms with E-state index in [2.05, 4.69) is 45.6 Å². The number of para-hydroxylation sites is 1. The highest BCUT2D eigenvalue weighted by molar-refractivity contribution is 5.71. The number of rotatable bonds is 7. The Bertz CT molecular complexity index is 904. The number of benzene rings is 1. The van der Waals surface area contributed by atoms with Crippen LogP contribution < -0.4 is 4.74 Å². The van der Waals surface area contributed by atoms with Crippen LogP contribution in [0.3, 0.4) is 0 Å². The molecule has 0 N–H and O–H groups in total. The second-order valence-corrected chi connectivity index (χ2v) is 7.23. The summed E-state index contributed by atoms with van der Waals surface area (Å²) in [4.78, 5) is 12.1. The van der Waals surface area contributed by atoms with Gasteiger partial charge in [0.25, 0.3) is 0 Å². The van der Waals surface area contributed by atoms with Gasteiger partial charge in [0.1, 0.15) is 17.1 Å². The first-order valence-corrected chi connectivity index (χ1v) is 10.0. The third kappa shape index (κ3) is 3.69. The minimum atomic E-state index is 0.463. The Kier molecular flexibility index (Phi) is 5.39. The van der Waals surface area contributed by atoms with Crippen LogP contribution in [0, 0.1) is 0 Å². The summed E-state index contributed by atoms with van der Waals surface area (Å²) in [7, 11) is 0. The van der Waals surface area contributed by atoms with Gasteiger partial charge in [-0.15, -0.1) is 0 Å². The third-order valence-electron chi connectivity index (χ3n) is 5.28. The predicted octanol–water partition coefficient (Wildman–Crippen LogP) is 4.23. The highest BCUT2D eigenvalue weighted by Gasteiger charge is 2.29. The lowest BCUT2D eigenvalue weighted by Crippen LogP contribution is -2.21. The fraction of sp³-hybridized carbons (Fsp3) is 0.455. The lowest BCUT2D eigenvalue weighted by Gasteiger charge is -2.18. The van der Waals surface area contributed by atoms with Crippen LogP contribution in [0.25, 0.3) is 11.2 Å². The first-order valence-electron chi connectivity index (χ1n) is 10.0. The average molecular weight is 364 g/mol. The molecule has 1 aromatic carbocycles. The molecule has 1 fully saturated rings. The minimum absolute atomic E-state index is 0.463. The van der Waals surface area contributed by atoms with Gasteiger partial charge in [-0.05, 0) is 44.5 Å². The number of aryl methyl sites for hydroxylation is 1. The number of likely N-dealkylation sites (tertiary alicyclic amines) is 1. The molecule has 3 heterocycles. The van der Waals surface area contributed by atoms with Crippen molar-refractivity contribution < 1.29 is 4.74 Å². The fourth-order valence-corrected chi connectivity index (χ4v) is 4.09. The molecule has 1 aliphatic heterocycles. The van der Waals surface area contributed by atoms with E-state index < -0.39 is 0 Å². The van der Waals surface area contributed by atoms with Crippen molar-refractivity contribution in [2.75, 3.05) is 19.7 Å². The summed E-state index contributed by atoms with van der Waals surface area (Å²) in [6.07, 6.45) is 4.10. The summed E-state index contributed by atoms with van der Waals surface area (Å²) in [5.41, 5.74) is 3.30. The molecule has 0 amide bonds. The first kappa shape index (κ1) is 18.0. The molecule has 0 aliphatic carbocycles. The van der Waals surface area contributed by atoms with Crippen LogP contribution in [0.5, 0.6) is 5.75 Å². The van der Waals surface area contributed by atoms with Crippen molar-refractivity contribution in [1.82, 2.24) is 19.4 Å². The molecule has 5 heteroatoms. The maximum absolute atomic E-state index is 5.80. The molecule has 1 atom stereocenters. The van der Waals surface area contributed by atoms with Crippen molar-refractivity contribution >= 4 is 11.2 Å². The number of nitrogens with zero attached hydrogens (tertiary/aromatic N) is 4. The quantitative estimate of drug-likeness (QED) is 0.629. The summed E-state index contributed by atoms with van der Waals surface area (Å²) in [6, 6.07) is 12.4. The molecule has 0 spiro atoms. The molecule has 1 saturated heterocycles. The molecule has 0 saturated carbocycles. The molecule has 3 aromatic rings. The van der Waals surface area contributed by atoms with Crippen LogP contribution in [0.1, 0.15) is 44.0 Å². The van der Waals surface area contributed by atoms with E-state index in [4.69, 9.17) is 9.72 Å². The summed E-state index contributed by atoms with van der Waals surface area (Å²) in [5, 5.41) is 0. The number of ether oxygens (including phenoxy) is 1. The predicted molar refractivity (Wildman–Crippen MR) is 108 cm³/mol. The molecule has 0 radical (unpaired) electrons. The van der Waals surface area contributed by atoms with Crippen molar-refractivity contribution in [3.63, 3.8) is 0 Å². The van der Waals surface area contributed by atoms with E-state index in [0.29, 0.717) is 12.5 Å². The molecule has 1 aliphatic rings. The molecule has 0 unspecified atom stereocenters. The number of pyridine rings is 1. The highest BCUT2D eigenvalue weighted by Crippen LogP contribution is 2.31. The van der Waals surface area contributed by atoms with Gasteiger partial charge in [-0.25, -0.2) is 9.97 Å². The van der Waals surface area contributed by atoms with Gasteiger partial charge in [-0.3, -0.25) is 4.90 Å². The summed E-state index contributed by atoms with van der Waals surface area (Å²) in [5.74, 6) is 2.67. The Morgan fingerprint density at radius 3 is 2.89 bits per heavy atom. The number of hydrogen-bond donors (Lipinski definition) is 0. The maximum atomic E-state index is 5.80. The zero-order valence-corrected chi connectivity index (χ0v) is 16.3. The maximum Gasteiger partial charge on any atom is 0.159 e. The van der Waals surface area contributed by atoms with Gasteiger partial charge >= 0.3 is 0 Å². The van der Waals surface area contributed by atoms with Crippen molar-refractivity contribution in [2.24, 2.45) is 0 Å². The van der Waals surface area contributed by atoms with Crippen molar-refractivity contribution in [3.8, 4) is 5.75 Å². The zero-order valence-electron chi connectivity index (χ0n) is 16.3. The van der Waals surface area contributed by atoms with Gasteiger partial charge < -0.3 is 9.30 Å². The van der Waals surface area contributed by atoms with E-state index in [9.17, 15) is 0 Å². The van der Waals surface area contributed by atoms with E-state index in [1.54, 1.807) is 0 Å². The Balaban J connectivity index is 1.53. The Morgan fingerprint density at radius 2 is 2.04 bits per heavy atom. The SMILES string of the molecule is CCCn1c([C@H]2CCN(Cc3ccccc3OCC)C2)nc2cccnc21. The van der Waals surface area contributed by atoms with Gasteiger partial charge in [0.15, 0.2) is 5.65 Å². The summed E-state index contributed by atoms with van der Waals surface area (Å²) < 4.78 is 8.13. The monoisotopic (exact) mass is 364 g/mol. The van der Waals surface area contributed by atoms with Crippen molar-refractivity contribution in [1.29, 1.82) is 0 Å². The van der Waals surface area contributed by atoms with E-state index in [-0.39, 0.29) is 0 Å². The highest BCUT2D eigenvalue weighted by atomic mass is 16.5. The molecule has 2 aromatic heterocycles. The van der Waals surface area contributed by atoms with Crippen LogP contribution in [-0.2, 0) is 13.1 Å². The normalized spacial score (nSPS) is 17.6. The third-order valence-corrected chi connectivity index (χ3v) is 5.28. The lowest BCUT2D eigenvalue weighted by atomic mass is 10.1. The van der Waals surface area contributed by atoms with Crippen LogP contribution in [-0.4, -0.2) is 39.1 Å². The largest absolute Gasteiger partial charge is 0.494 e. The zero-order chi connectivity index (χ0) is 18.6. The summed E-state index contributed by atoms with van der Waals surface area (Å²) >= 11 is 0. The van der Waals surface area contributed by atoms with Crippen LogP contribution in [0.4, 0.5) is 0 Å². The molecule has 5 nitrogen and oxygen atoms in total. The molecular formula is C22H28N4O. The molecule has 27 heavy (non-hydrogen) atoms.